The van der Waals surface area contributed by atoms with Gasteiger partial charge in [0.05, 0.1) is 16.6 Å². The highest BCUT2D eigenvalue weighted by atomic mass is 35.5. The molecule has 6 nitrogen and oxygen atoms in total. The second kappa shape index (κ2) is 5.98. The molecule has 0 aliphatic heterocycles. The van der Waals surface area contributed by atoms with Crippen LogP contribution in [0.1, 0.15) is 23.7 Å². The quantitative estimate of drug-likeness (QED) is 0.668. The molecule has 94 valence electrons. The van der Waals surface area contributed by atoms with Crippen LogP contribution in [0.5, 0.6) is 0 Å². The number of nitro groups is 1. The summed E-state index contributed by atoms with van der Waals surface area (Å²) in [5.41, 5.74) is -0.353. The molecule has 18 heavy (non-hydrogen) atoms. The lowest BCUT2D eigenvalue weighted by Crippen LogP contribution is -2.33. The van der Waals surface area contributed by atoms with Crippen molar-refractivity contribution in [3.05, 3.63) is 38.9 Å². The van der Waals surface area contributed by atoms with Crippen LogP contribution in [0.25, 0.3) is 0 Å². The number of carbonyl (C=O) groups is 1. The van der Waals surface area contributed by atoms with Crippen molar-refractivity contribution >= 4 is 23.2 Å². The van der Waals surface area contributed by atoms with Gasteiger partial charge in [-0.2, -0.15) is 5.26 Å². The van der Waals surface area contributed by atoms with Crippen LogP contribution in [-0.4, -0.2) is 16.9 Å². The van der Waals surface area contributed by atoms with Crippen molar-refractivity contribution in [2.24, 2.45) is 0 Å². The lowest BCUT2D eigenvalue weighted by molar-refractivity contribution is -0.384. The zero-order chi connectivity index (χ0) is 13.7. The second-order valence-electron chi connectivity index (χ2n) is 3.46. The van der Waals surface area contributed by atoms with Gasteiger partial charge in [-0.1, -0.05) is 24.6 Å². The number of carbonyl (C=O) groups excluding carboxylic acids is 1. The second-order valence-corrected chi connectivity index (χ2v) is 3.84. The molecule has 1 amide bonds. The molecule has 1 unspecified atom stereocenters. The Bertz CT molecular complexity index is 525. The van der Waals surface area contributed by atoms with Crippen molar-refractivity contribution < 1.29 is 9.72 Å². The molecule has 0 radical (unpaired) electrons. The molecule has 0 saturated heterocycles. The molecule has 0 bridgehead atoms. The number of nitrogens with one attached hydrogen (secondary N) is 1. The van der Waals surface area contributed by atoms with E-state index in [4.69, 9.17) is 16.9 Å². The molecule has 0 aliphatic carbocycles. The van der Waals surface area contributed by atoms with Crippen LogP contribution < -0.4 is 5.32 Å². The number of nitro benzene ring substituents is 1. The summed E-state index contributed by atoms with van der Waals surface area (Å²) >= 11 is 5.78. The summed E-state index contributed by atoms with van der Waals surface area (Å²) in [5, 5.41) is 21.6. The van der Waals surface area contributed by atoms with E-state index in [0.29, 0.717) is 6.42 Å². The summed E-state index contributed by atoms with van der Waals surface area (Å²) < 4.78 is 0. The third kappa shape index (κ3) is 2.96. The molecule has 0 fully saturated rings. The molecule has 1 atom stereocenters. The number of hydrogen-bond acceptors (Lipinski definition) is 4. The highest BCUT2D eigenvalue weighted by molar-refractivity contribution is 6.35. The van der Waals surface area contributed by atoms with Gasteiger partial charge in [0.2, 0.25) is 0 Å². The monoisotopic (exact) mass is 267 g/mol. The first kappa shape index (κ1) is 13.9. The maximum absolute atomic E-state index is 11.8. The van der Waals surface area contributed by atoms with Gasteiger partial charge in [-0.25, -0.2) is 0 Å². The van der Waals surface area contributed by atoms with Crippen molar-refractivity contribution in [2.45, 2.75) is 19.4 Å². The van der Waals surface area contributed by atoms with Gasteiger partial charge in [0, 0.05) is 6.07 Å². The van der Waals surface area contributed by atoms with Crippen LogP contribution >= 0.6 is 11.6 Å². The van der Waals surface area contributed by atoms with E-state index in [1.54, 1.807) is 6.92 Å². The average Bonchev–Trinajstić information content (AvgIpc) is 2.35. The minimum Gasteiger partial charge on any atom is -0.336 e. The van der Waals surface area contributed by atoms with Crippen molar-refractivity contribution in [1.82, 2.24) is 5.32 Å². The standard InChI is InChI=1S/C11H10ClN3O3/c1-2-7(6-13)14-11(16)8-4-3-5-9(10(8)12)15(17)18/h3-5,7H,2H2,1H3,(H,14,16). The average molecular weight is 268 g/mol. The molecule has 0 saturated carbocycles. The highest BCUT2D eigenvalue weighted by Gasteiger charge is 2.21. The van der Waals surface area contributed by atoms with Gasteiger partial charge < -0.3 is 5.32 Å². The van der Waals surface area contributed by atoms with E-state index in [1.165, 1.54) is 18.2 Å². The summed E-state index contributed by atoms with van der Waals surface area (Å²) in [5.74, 6) is -0.600. The largest absolute Gasteiger partial charge is 0.336 e. The van der Waals surface area contributed by atoms with Gasteiger partial charge in [-0.3, -0.25) is 14.9 Å². The Morgan fingerprint density at radius 1 is 1.67 bits per heavy atom. The van der Waals surface area contributed by atoms with Gasteiger partial charge in [-0.05, 0) is 12.5 Å². The zero-order valence-electron chi connectivity index (χ0n) is 9.51. The molecular weight excluding hydrogens is 258 g/mol. The highest BCUT2D eigenvalue weighted by Crippen LogP contribution is 2.27. The topological polar surface area (TPSA) is 96.0 Å². The zero-order valence-corrected chi connectivity index (χ0v) is 10.3. The molecule has 1 rings (SSSR count). The van der Waals surface area contributed by atoms with Gasteiger partial charge in [0.15, 0.2) is 0 Å². The fourth-order valence-corrected chi connectivity index (χ4v) is 1.58. The van der Waals surface area contributed by atoms with Crippen molar-refractivity contribution in [3.8, 4) is 6.07 Å². The van der Waals surface area contributed by atoms with E-state index < -0.39 is 16.9 Å². The normalized spacial score (nSPS) is 11.4. The smallest absolute Gasteiger partial charge is 0.288 e. The van der Waals surface area contributed by atoms with Crippen molar-refractivity contribution in [1.29, 1.82) is 5.26 Å². The number of halogens is 1. The minimum absolute atomic E-state index is 0.0143. The van der Waals surface area contributed by atoms with E-state index in [1.807, 2.05) is 6.07 Å². The Hall–Kier alpha value is -2.13. The van der Waals surface area contributed by atoms with Crippen LogP contribution in [0.3, 0.4) is 0 Å². The Labute approximate surface area is 108 Å². The number of nitriles is 1. The predicted octanol–water partition coefficient (Wildman–Crippen LogP) is 2.28. The van der Waals surface area contributed by atoms with E-state index in [9.17, 15) is 14.9 Å². The van der Waals surface area contributed by atoms with E-state index >= 15 is 0 Å². The van der Waals surface area contributed by atoms with Crippen LogP contribution in [-0.2, 0) is 0 Å². The molecule has 0 heterocycles. The van der Waals surface area contributed by atoms with Crippen molar-refractivity contribution in [2.75, 3.05) is 0 Å². The fourth-order valence-electron chi connectivity index (χ4n) is 1.30. The van der Waals surface area contributed by atoms with E-state index in [0.717, 1.165) is 0 Å². The predicted molar refractivity (Wildman–Crippen MR) is 65.3 cm³/mol. The van der Waals surface area contributed by atoms with Crippen LogP contribution in [0.15, 0.2) is 18.2 Å². The summed E-state index contributed by atoms with van der Waals surface area (Å²) in [6, 6.07) is 5.20. The summed E-state index contributed by atoms with van der Waals surface area (Å²) in [6.07, 6.45) is 0.439. The molecule has 7 heteroatoms. The molecule has 1 aromatic carbocycles. The number of amides is 1. The van der Waals surface area contributed by atoms with Crippen molar-refractivity contribution in [3.63, 3.8) is 0 Å². The first-order valence-corrected chi connectivity index (χ1v) is 5.52. The number of nitrogens with zero attached hydrogens (tertiary/aromatic N) is 2. The fraction of sp³-hybridized carbons (Fsp3) is 0.273. The van der Waals surface area contributed by atoms with Gasteiger partial charge in [0.25, 0.3) is 11.6 Å². The third-order valence-electron chi connectivity index (χ3n) is 2.29. The molecule has 0 aliphatic rings. The first-order chi connectivity index (χ1) is 8.51. The summed E-state index contributed by atoms with van der Waals surface area (Å²) in [7, 11) is 0. The van der Waals surface area contributed by atoms with Gasteiger partial charge in [-0.15, -0.1) is 0 Å². The molecule has 0 aromatic heterocycles. The Kier molecular flexibility index (Phi) is 4.63. The molecule has 0 spiro atoms. The molecule has 1 aromatic rings. The Balaban J connectivity index is 3.04. The van der Waals surface area contributed by atoms with Gasteiger partial charge in [0.1, 0.15) is 11.1 Å². The number of hydrogen-bond donors (Lipinski definition) is 1. The lowest BCUT2D eigenvalue weighted by Gasteiger charge is -2.10. The molecule has 1 N–H and O–H groups in total. The lowest BCUT2D eigenvalue weighted by atomic mass is 10.1. The Morgan fingerprint density at radius 2 is 2.33 bits per heavy atom. The van der Waals surface area contributed by atoms with E-state index in [2.05, 4.69) is 5.32 Å². The maximum Gasteiger partial charge on any atom is 0.288 e. The first-order valence-electron chi connectivity index (χ1n) is 5.14. The minimum atomic E-state index is -0.666. The summed E-state index contributed by atoms with van der Waals surface area (Å²) in [4.78, 5) is 21.8. The van der Waals surface area contributed by atoms with Crippen LogP contribution in [0, 0.1) is 21.4 Å². The number of rotatable bonds is 4. The van der Waals surface area contributed by atoms with E-state index in [-0.39, 0.29) is 16.3 Å². The SMILES string of the molecule is CCC(C#N)NC(=O)c1cccc([N+](=O)[O-])c1Cl. The third-order valence-corrected chi connectivity index (χ3v) is 2.69. The maximum atomic E-state index is 11.8. The Morgan fingerprint density at radius 3 is 2.83 bits per heavy atom. The van der Waals surface area contributed by atoms with Gasteiger partial charge >= 0.3 is 0 Å². The van der Waals surface area contributed by atoms with Crippen LogP contribution in [0.2, 0.25) is 5.02 Å². The molecular formula is C11H10ClN3O3. The number of benzene rings is 1. The van der Waals surface area contributed by atoms with Crippen LogP contribution in [0.4, 0.5) is 5.69 Å². The summed E-state index contributed by atoms with van der Waals surface area (Å²) in [6.45, 7) is 1.74.